The first-order chi connectivity index (χ1) is 14.2. The number of benzene rings is 1. The smallest absolute Gasteiger partial charge is 0.173 e. The number of carbonyl (C=O) groups is 1. The lowest BCUT2D eigenvalue weighted by atomic mass is 10.1. The number of piperidine rings is 1. The second-order valence-corrected chi connectivity index (χ2v) is 9.48. The van der Waals surface area contributed by atoms with E-state index in [0.29, 0.717) is 5.75 Å². The number of likely N-dealkylation sites (tertiary alicyclic amines) is 1. The van der Waals surface area contributed by atoms with Crippen LogP contribution in [-0.2, 0) is 0 Å². The SMILES string of the molecule is CCCCCCCCCCOc1ccc(C(=O)CSC(=S)N2CCCCC2)cc1. The van der Waals surface area contributed by atoms with Gasteiger partial charge in [-0.25, -0.2) is 0 Å². The Hall–Kier alpha value is -1.07. The second kappa shape index (κ2) is 14.8. The van der Waals surface area contributed by atoms with Gasteiger partial charge in [-0.3, -0.25) is 4.79 Å². The minimum Gasteiger partial charge on any atom is -0.494 e. The second-order valence-electron chi connectivity index (χ2n) is 7.87. The van der Waals surface area contributed by atoms with Crippen LogP contribution < -0.4 is 4.74 Å². The van der Waals surface area contributed by atoms with Gasteiger partial charge in [0, 0.05) is 18.7 Å². The summed E-state index contributed by atoms with van der Waals surface area (Å²) >= 11 is 6.98. The van der Waals surface area contributed by atoms with Gasteiger partial charge in [0.05, 0.1) is 12.4 Å². The summed E-state index contributed by atoms with van der Waals surface area (Å²) in [5, 5.41) is 0. The summed E-state index contributed by atoms with van der Waals surface area (Å²) in [6.45, 7) is 5.07. The number of thioether (sulfide) groups is 1. The van der Waals surface area contributed by atoms with Crippen molar-refractivity contribution in [1.82, 2.24) is 4.90 Å². The van der Waals surface area contributed by atoms with Gasteiger partial charge < -0.3 is 9.64 Å². The van der Waals surface area contributed by atoms with Crippen molar-refractivity contribution in [2.24, 2.45) is 0 Å². The van der Waals surface area contributed by atoms with Crippen LogP contribution in [0.25, 0.3) is 0 Å². The van der Waals surface area contributed by atoms with Crippen LogP contribution in [0, 0.1) is 0 Å². The van der Waals surface area contributed by atoms with E-state index in [4.69, 9.17) is 17.0 Å². The molecule has 29 heavy (non-hydrogen) atoms. The van der Waals surface area contributed by atoms with E-state index in [-0.39, 0.29) is 5.78 Å². The Kier molecular flexibility index (Phi) is 12.4. The molecule has 0 unspecified atom stereocenters. The molecule has 3 nitrogen and oxygen atoms in total. The third-order valence-electron chi connectivity index (χ3n) is 5.38. The summed E-state index contributed by atoms with van der Waals surface area (Å²) < 4.78 is 6.68. The third kappa shape index (κ3) is 9.99. The molecule has 1 aliphatic rings. The lowest BCUT2D eigenvalue weighted by molar-refractivity contribution is 0.102. The molecule has 0 aliphatic carbocycles. The zero-order valence-corrected chi connectivity index (χ0v) is 19.6. The maximum atomic E-state index is 12.4. The molecule has 1 heterocycles. The summed E-state index contributed by atoms with van der Waals surface area (Å²) in [5.41, 5.74) is 0.735. The summed E-state index contributed by atoms with van der Waals surface area (Å²) in [4.78, 5) is 14.7. The van der Waals surface area contributed by atoms with E-state index in [2.05, 4.69) is 11.8 Å². The van der Waals surface area contributed by atoms with E-state index in [1.165, 1.54) is 76.0 Å². The third-order valence-corrected chi connectivity index (χ3v) is 6.91. The molecule has 0 atom stereocenters. The molecule has 2 rings (SSSR count). The monoisotopic (exact) mass is 435 g/mol. The van der Waals surface area contributed by atoms with E-state index in [1.807, 2.05) is 24.3 Å². The number of nitrogens with zero attached hydrogens (tertiary/aromatic N) is 1. The van der Waals surface area contributed by atoms with Gasteiger partial charge in [0.2, 0.25) is 0 Å². The van der Waals surface area contributed by atoms with Crippen LogP contribution in [0.3, 0.4) is 0 Å². The van der Waals surface area contributed by atoms with Crippen LogP contribution in [0.2, 0.25) is 0 Å². The summed E-state index contributed by atoms with van der Waals surface area (Å²) in [6, 6.07) is 7.56. The Bertz CT molecular complexity index is 597. The van der Waals surface area contributed by atoms with Gasteiger partial charge in [0.25, 0.3) is 0 Å². The first kappa shape index (κ1) is 24.2. The molecule has 0 bridgehead atoms. The Labute approximate surface area is 187 Å². The molecule has 5 heteroatoms. The normalized spacial score (nSPS) is 14.0. The van der Waals surface area contributed by atoms with Crippen molar-refractivity contribution in [3.8, 4) is 5.75 Å². The largest absolute Gasteiger partial charge is 0.494 e. The summed E-state index contributed by atoms with van der Waals surface area (Å²) in [7, 11) is 0. The zero-order chi connectivity index (χ0) is 20.7. The number of ether oxygens (including phenoxy) is 1. The molecule has 162 valence electrons. The Morgan fingerprint density at radius 2 is 1.59 bits per heavy atom. The standard InChI is InChI=1S/C24H37NO2S2/c1-2-3-4-5-6-7-8-12-19-27-22-15-13-21(14-16-22)23(26)20-29-24(28)25-17-10-9-11-18-25/h13-16H,2-12,17-20H2,1H3. The molecule has 0 spiro atoms. The minimum absolute atomic E-state index is 0.129. The highest BCUT2D eigenvalue weighted by molar-refractivity contribution is 8.23. The molecule has 0 aromatic heterocycles. The van der Waals surface area contributed by atoms with Crippen molar-refractivity contribution in [1.29, 1.82) is 0 Å². The molecule has 1 aliphatic heterocycles. The topological polar surface area (TPSA) is 29.5 Å². The molecule has 1 saturated heterocycles. The Morgan fingerprint density at radius 3 is 2.24 bits per heavy atom. The lowest BCUT2D eigenvalue weighted by Crippen LogP contribution is -2.33. The molecule has 1 fully saturated rings. The van der Waals surface area contributed by atoms with E-state index in [0.717, 1.165) is 41.8 Å². The van der Waals surface area contributed by atoms with E-state index in [9.17, 15) is 4.79 Å². The van der Waals surface area contributed by atoms with Crippen LogP contribution in [0.15, 0.2) is 24.3 Å². The quantitative estimate of drug-likeness (QED) is 0.191. The molecule has 0 N–H and O–H groups in total. The highest BCUT2D eigenvalue weighted by Crippen LogP contribution is 2.19. The van der Waals surface area contributed by atoms with Crippen LogP contribution in [0.1, 0.15) is 87.9 Å². The average Bonchev–Trinajstić information content (AvgIpc) is 2.77. The van der Waals surface area contributed by atoms with Crippen molar-refractivity contribution in [3.63, 3.8) is 0 Å². The number of thiocarbonyl (C=S) groups is 1. The predicted octanol–water partition coefficient (Wildman–Crippen LogP) is 6.89. The molecule has 0 radical (unpaired) electrons. The fourth-order valence-corrected chi connectivity index (χ4v) is 4.69. The maximum absolute atomic E-state index is 12.4. The number of hydrogen-bond acceptors (Lipinski definition) is 4. The van der Waals surface area contributed by atoms with Crippen molar-refractivity contribution in [2.75, 3.05) is 25.4 Å². The van der Waals surface area contributed by atoms with Crippen molar-refractivity contribution < 1.29 is 9.53 Å². The number of rotatable bonds is 13. The maximum Gasteiger partial charge on any atom is 0.173 e. The predicted molar refractivity (Wildman–Crippen MR) is 129 cm³/mol. The fourth-order valence-electron chi connectivity index (χ4n) is 3.54. The van der Waals surface area contributed by atoms with Gasteiger partial charge in [-0.15, -0.1) is 0 Å². The van der Waals surface area contributed by atoms with Crippen LogP contribution in [0.4, 0.5) is 0 Å². The van der Waals surface area contributed by atoms with Crippen molar-refractivity contribution >= 4 is 34.1 Å². The van der Waals surface area contributed by atoms with E-state index in [1.54, 1.807) is 0 Å². The van der Waals surface area contributed by atoms with Gasteiger partial charge in [0.1, 0.15) is 10.1 Å². The Balaban J connectivity index is 1.58. The average molecular weight is 436 g/mol. The summed E-state index contributed by atoms with van der Waals surface area (Å²) in [5.74, 6) is 1.39. The van der Waals surface area contributed by atoms with Gasteiger partial charge >= 0.3 is 0 Å². The molecule has 0 amide bonds. The van der Waals surface area contributed by atoms with Gasteiger partial charge in [-0.2, -0.15) is 0 Å². The van der Waals surface area contributed by atoms with Gasteiger partial charge in [-0.05, 0) is 49.9 Å². The van der Waals surface area contributed by atoms with Crippen molar-refractivity contribution in [3.05, 3.63) is 29.8 Å². The molecular formula is C24H37NO2S2. The van der Waals surface area contributed by atoms with Crippen LogP contribution in [0.5, 0.6) is 5.75 Å². The van der Waals surface area contributed by atoms with Crippen LogP contribution >= 0.6 is 24.0 Å². The number of hydrogen-bond donors (Lipinski definition) is 0. The van der Waals surface area contributed by atoms with E-state index < -0.39 is 0 Å². The number of carbonyl (C=O) groups excluding carboxylic acids is 1. The fraction of sp³-hybridized carbons (Fsp3) is 0.667. The zero-order valence-electron chi connectivity index (χ0n) is 18.0. The first-order valence-corrected chi connectivity index (χ1v) is 12.8. The van der Waals surface area contributed by atoms with Crippen molar-refractivity contribution in [2.45, 2.75) is 77.6 Å². The Morgan fingerprint density at radius 1 is 0.966 bits per heavy atom. The first-order valence-electron chi connectivity index (χ1n) is 11.4. The van der Waals surface area contributed by atoms with E-state index >= 15 is 0 Å². The highest BCUT2D eigenvalue weighted by atomic mass is 32.2. The number of ketones is 1. The minimum atomic E-state index is 0.129. The summed E-state index contributed by atoms with van der Waals surface area (Å²) in [6.07, 6.45) is 14.1. The van der Waals surface area contributed by atoms with Crippen LogP contribution in [-0.4, -0.2) is 40.5 Å². The van der Waals surface area contributed by atoms with Gasteiger partial charge in [0.15, 0.2) is 5.78 Å². The molecule has 0 saturated carbocycles. The lowest BCUT2D eigenvalue weighted by Gasteiger charge is -2.28. The highest BCUT2D eigenvalue weighted by Gasteiger charge is 2.15. The molecule has 1 aromatic rings. The number of unbranched alkanes of at least 4 members (excludes halogenated alkanes) is 7. The number of Topliss-reactive ketones (excluding diaryl/α,β-unsaturated/α-hetero) is 1. The van der Waals surface area contributed by atoms with Gasteiger partial charge in [-0.1, -0.05) is 75.8 Å². The molecule has 1 aromatic carbocycles. The molecular weight excluding hydrogens is 398 g/mol.